The molecule has 0 bridgehead atoms. The molecule has 1 fully saturated rings. The van der Waals surface area contributed by atoms with Gasteiger partial charge in [-0.3, -0.25) is 4.90 Å². The van der Waals surface area contributed by atoms with Crippen molar-refractivity contribution in [2.45, 2.75) is 45.8 Å². The lowest BCUT2D eigenvalue weighted by Crippen LogP contribution is -2.29. The number of nitrogens with zero attached hydrogens (tertiary/aromatic N) is 1. The first-order valence-electron chi connectivity index (χ1n) is 6.72. The van der Waals surface area contributed by atoms with Gasteiger partial charge in [-0.15, -0.1) is 0 Å². The van der Waals surface area contributed by atoms with E-state index in [9.17, 15) is 0 Å². The SMILES string of the molecule is CC(C)Oc1cccc(CN2CCCCC2)c1. The van der Waals surface area contributed by atoms with Crippen LogP contribution in [0.1, 0.15) is 38.7 Å². The number of ether oxygens (including phenoxy) is 1. The zero-order valence-corrected chi connectivity index (χ0v) is 11.0. The molecule has 94 valence electrons. The van der Waals surface area contributed by atoms with Gasteiger partial charge in [0.15, 0.2) is 0 Å². The van der Waals surface area contributed by atoms with Crippen molar-refractivity contribution in [1.82, 2.24) is 4.90 Å². The van der Waals surface area contributed by atoms with Crippen LogP contribution in [0.2, 0.25) is 0 Å². The number of benzene rings is 1. The Balaban J connectivity index is 1.95. The average Bonchev–Trinajstić information content (AvgIpc) is 2.30. The maximum atomic E-state index is 5.73. The van der Waals surface area contributed by atoms with Crippen molar-refractivity contribution < 1.29 is 4.74 Å². The quantitative estimate of drug-likeness (QED) is 0.789. The van der Waals surface area contributed by atoms with Gasteiger partial charge in [0, 0.05) is 6.54 Å². The van der Waals surface area contributed by atoms with Crippen LogP contribution in [0.3, 0.4) is 0 Å². The Morgan fingerprint density at radius 3 is 2.65 bits per heavy atom. The second kappa shape index (κ2) is 6.06. The van der Waals surface area contributed by atoms with E-state index in [0.29, 0.717) is 0 Å². The minimum Gasteiger partial charge on any atom is -0.491 e. The topological polar surface area (TPSA) is 12.5 Å². The molecule has 0 amide bonds. The van der Waals surface area contributed by atoms with Gasteiger partial charge in [-0.05, 0) is 57.5 Å². The minimum atomic E-state index is 0.250. The highest BCUT2D eigenvalue weighted by Crippen LogP contribution is 2.18. The second-order valence-corrected chi connectivity index (χ2v) is 5.15. The van der Waals surface area contributed by atoms with E-state index in [1.807, 2.05) is 6.07 Å². The lowest BCUT2D eigenvalue weighted by atomic mass is 10.1. The Morgan fingerprint density at radius 1 is 1.18 bits per heavy atom. The normalized spacial score (nSPS) is 17.4. The number of hydrogen-bond acceptors (Lipinski definition) is 2. The molecule has 0 radical (unpaired) electrons. The van der Waals surface area contributed by atoms with E-state index in [4.69, 9.17) is 4.74 Å². The van der Waals surface area contributed by atoms with Gasteiger partial charge in [-0.1, -0.05) is 18.6 Å². The lowest BCUT2D eigenvalue weighted by molar-refractivity contribution is 0.219. The summed E-state index contributed by atoms with van der Waals surface area (Å²) < 4.78 is 5.73. The highest BCUT2D eigenvalue weighted by molar-refractivity contribution is 5.28. The van der Waals surface area contributed by atoms with E-state index in [-0.39, 0.29) is 6.10 Å². The van der Waals surface area contributed by atoms with Gasteiger partial charge in [0.2, 0.25) is 0 Å². The van der Waals surface area contributed by atoms with Crippen molar-refractivity contribution in [2.75, 3.05) is 13.1 Å². The van der Waals surface area contributed by atoms with Crippen LogP contribution in [-0.4, -0.2) is 24.1 Å². The maximum Gasteiger partial charge on any atom is 0.120 e. The number of hydrogen-bond donors (Lipinski definition) is 0. The van der Waals surface area contributed by atoms with Gasteiger partial charge in [0.05, 0.1) is 6.10 Å². The summed E-state index contributed by atoms with van der Waals surface area (Å²) in [7, 11) is 0. The van der Waals surface area contributed by atoms with Crippen LogP contribution in [0.4, 0.5) is 0 Å². The molecule has 0 saturated carbocycles. The van der Waals surface area contributed by atoms with Crippen LogP contribution < -0.4 is 4.74 Å². The molecule has 0 N–H and O–H groups in total. The molecular weight excluding hydrogens is 210 g/mol. The Labute approximate surface area is 105 Å². The van der Waals surface area contributed by atoms with Crippen LogP contribution in [0.5, 0.6) is 5.75 Å². The molecule has 2 rings (SSSR count). The smallest absolute Gasteiger partial charge is 0.120 e. The molecule has 0 aromatic heterocycles. The fraction of sp³-hybridized carbons (Fsp3) is 0.600. The van der Waals surface area contributed by atoms with Crippen LogP contribution in [0.25, 0.3) is 0 Å². The first-order chi connectivity index (χ1) is 8.24. The predicted molar refractivity (Wildman–Crippen MR) is 71.3 cm³/mol. The Hall–Kier alpha value is -1.02. The summed E-state index contributed by atoms with van der Waals surface area (Å²) in [6, 6.07) is 8.51. The van der Waals surface area contributed by atoms with E-state index in [1.165, 1.54) is 37.9 Å². The maximum absolute atomic E-state index is 5.73. The summed E-state index contributed by atoms with van der Waals surface area (Å²) in [5, 5.41) is 0. The molecule has 1 aliphatic rings. The fourth-order valence-corrected chi connectivity index (χ4v) is 2.37. The van der Waals surface area contributed by atoms with Crippen molar-refractivity contribution in [3.05, 3.63) is 29.8 Å². The van der Waals surface area contributed by atoms with Gasteiger partial charge in [0.1, 0.15) is 5.75 Å². The fourth-order valence-electron chi connectivity index (χ4n) is 2.37. The largest absolute Gasteiger partial charge is 0.491 e. The zero-order valence-electron chi connectivity index (χ0n) is 11.0. The van der Waals surface area contributed by atoms with E-state index < -0.39 is 0 Å². The monoisotopic (exact) mass is 233 g/mol. The van der Waals surface area contributed by atoms with Crippen molar-refractivity contribution in [2.24, 2.45) is 0 Å². The third-order valence-electron chi connectivity index (χ3n) is 3.13. The van der Waals surface area contributed by atoms with Crippen LogP contribution in [0.15, 0.2) is 24.3 Å². The molecule has 0 spiro atoms. The molecule has 2 nitrogen and oxygen atoms in total. The molecule has 0 atom stereocenters. The van der Waals surface area contributed by atoms with Crippen molar-refractivity contribution in [3.8, 4) is 5.75 Å². The zero-order chi connectivity index (χ0) is 12.1. The first-order valence-corrected chi connectivity index (χ1v) is 6.72. The Kier molecular flexibility index (Phi) is 4.43. The third kappa shape index (κ3) is 4.04. The molecule has 2 heteroatoms. The number of rotatable bonds is 4. The van der Waals surface area contributed by atoms with Crippen molar-refractivity contribution in [3.63, 3.8) is 0 Å². The van der Waals surface area contributed by atoms with Crippen LogP contribution in [-0.2, 0) is 6.54 Å². The van der Waals surface area contributed by atoms with Gasteiger partial charge < -0.3 is 4.74 Å². The molecule has 17 heavy (non-hydrogen) atoms. The molecule has 1 heterocycles. The highest BCUT2D eigenvalue weighted by atomic mass is 16.5. The minimum absolute atomic E-state index is 0.250. The molecule has 1 saturated heterocycles. The lowest BCUT2D eigenvalue weighted by Gasteiger charge is -2.26. The molecule has 0 unspecified atom stereocenters. The number of piperidine rings is 1. The average molecular weight is 233 g/mol. The molecule has 1 aliphatic heterocycles. The molecule has 0 aliphatic carbocycles. The molecule has 1 aromatic rings. The third-order valence-corrected chi connectivity index (χ3v) is 3.13. The summed E-state index contributed by atoms with van der Waals surface area (Å²) in [4.78, 5) is 2.54. The van der Waals surface area contributed by atoms with Gasteiger partial charge in [0.25, 0.3) is 0 Å². The van der Waals surface area contributed by atoms with E-state index in [1.54, 1.807) is 0 Å². The van der Waals surface area contributed by atoms with Crippen molar-refractivity contribution in [1.29, 1.82) is 0 Å². The second-order valence-electron chi connectivity index (χ2n) is 5.15. The Morgan fingerprint density at radius 2 is 1.94 bits per heavy atom. The summed E-state index contributed by atoms with van der Waals surface area (Å²) in [5.74, 6) is 0.995. The number of likely N-dealkylation sites (tertiary alicyclic amines) is 1. The highest BCUT2D eigenvalue weighted by Gasteiger charge is 2.10. The summed E-state index contributed by atoms with van der Waals surface area (Å²) in [5.41, 5.74) is 1.37. The van der Waals surface area contributed by atoms with E-state index in [2.05, 4.69) is 36.9 Å². The van der Waals surface area contributed by atoms with Gasteiger partial charge in [-0.25, -0.2) is 0 Å². The molecular formula is C15H23NO. The van der Waals surface area contributed by atoms with E-state index >= 15 is 0 Å². The summed E-state index contributed by atoms with van der Waals surface area (Å²) in [6.07, 6.45) is 4.34. The van der Waals surface area contributed by atoms with Gasteiger partial charge in [-0.2, -0.15) is 0 Å². The van der Waals surface area contributed by atoms with Gasteiger partial charge >= 0.3 is 0 Å². The predicted octanol–water partition coefficient (Wildman–Crippen LogP) is 3.46. The Bertz CT molecular complexity index is 343. The van der Waals surface area contributed by atoms with E-state index in [0.717, 1.165) is 12.3 Å². The van der Waals surface area contributed by atoms with Crippen molar-refractivity contribution >= 4 is 0 Å². The first kappa shape index (κ1) is 12.4. The van der Waals surface area contributed by atoms with Crippen LogP contribution >= 0.6 is 0 Å². The molecule has 1 aromatic carbocycles. The summed E-state index contributed by atoms with van der Waals surface area (Å²) in [6.45, 7) is 7.69. The summed E-state index contributed by atoms with van der Waals surface area (Å²) >= 11 is 0. The van der Waals surface area contributed by atoms with Crippen LogP contribution in [0, 0.1) is 0 Å². The standard InChI is InChI=1S/C15H23NO/c1-13(2)17-15-8-6-7-14(11-15)12-16-9-4-3-5-10-16/h6-8,11,13H,3-5,9-10,12H2,1-2H3.